The number of ether oxygens (including phenoxy) is 2. The topological polar surface area (TPSA) is 85.7 Å². The van der Waals surface area contributed by atoms with E-state index < -0.39 is 0 Å². The van der Waals surface area contributed by atoms with Crippen LogP contribution in [0.2, 0.25) is 0 Å². The predicted molar refractivity (Wildman–Crippen MR) is 143 cm³/mol. The van der Waals surface area contributed by atoms with Crippen LogP contribution < -0.4 is 10.1 Å². The van der Waals surface area contributed by atoms with E-state index in [2.05, 4.69) is 27.9 Å². The molecule has 0 bridgehead atoms. The van der Waals surface area contributed by atoms with E-state index in [0.29, 0.717) is 18.1 Å². The van der Waals surface area contributed by atoms with Gasteiger partial charge in [0.15, 0.2) is 0 Å². The lowest BCUT2D eigenvalue weighted by Gasteiger charge is -2.18. The maximum Gasteiger partial charge on any atom is 0.309 e. The molecule has 36 heavy (non-hydrogen) atoms. The molecule has 0 saturated carbocycles. The molecule has 0 saturated heterocycles. The largest absolute Gasteiger partial charge is 0.493 e. The molecule has 0 unspecified atom stereocenters. The van der Waals surface area contributed by atoms with Gasteiger partial charge in [0.25, 0.3) is 5.91 Å². The zero-order valence-corrected chi connectivity index (χ0v) is 21.8. The number of aromatic nitrogens is 2. The van der Waals surface area contributed by atoms with E-state index in [1.54, 1.807) is 13.1 Å². The molecule has 0 spiro atoms. The number of benzene rings is 2. The van der Waals surface area contributed by atoms with Gasteiger partial charge in [0.2, 0.25) is 0 Å². The van der Waals surface area contributed by atoms with E-state index in [0.717, 1.165) is 44.7 Å². The van der Waals surface area contributed by atoms with E-state index in [4.69, 9.17) is 9.47 Å². The lowest BCUT2D eigenvalue weighted by Crippen LogP contribution is -2.39. The van der Waals surface area contributed by atoms with Gasteiger partial charge in [-0.05, 0) is 76.1 Å². The summed E-state index contributed by atoms with van der Waals surface area (Å²) in [6, 6.07) is 9.93. The van der Waals surface area contributed by atoms with Gasteiger partial charge in [0.1, 0.15) is 11.4 Å². The Morgan fingerprint density at radius 2 is 1.89 bits per heavy atom. The molecule has 2 heterocycles. The molecule has 0 radical (unpaired) electrons. The number of fused-ring (bicyclic) bond motifs is 4. The van der Waals surface area contributed by atoms with Gasteiger partial charge >= 0.3 is 5.97 Å². The van der Waals surface area contributed by atoms with E-state index in [9.17, 15) is 9.59 Å². The van der Waals surface area contributed by atoms with Crippen molar-refractivity contribution in [1.82, 2.24) is 19.8 Å². The Hall–Kier alpha value is -3.65. The average Bonchev–Trinajstić information content (AvgIpc) is 3.10. The number of hydrogen-bond donors (Lipinski definition) is 1. The first-order valence-electron chi connectivity index (χ1n) is 12.3. The number of likely N-dealkylation sites (N-methyl/N-ethyl adjacent to an activating group) is 1. The number of carbonyl (C=O) groups is 2. The highest BCUT2D eigenvalue weighted by molar-refractivity contribution is 6.17. The molecular formula is C28H34N4O4. The van der Waals surface area contributed by atoms with Crippen LogP contribution >= 0.6 is 0 Å². The van der Waals surface area contributed by atoms with Crippen molar-refractivity contribution < 1.29 is 19.1 Å². The van der Waals surface area contributed by atoms with Gasteiger partial charge in [-0.2, -0.15) is 0 Å². The van der Waals surface area contributed by atoms with Gasteiger partial charge in [0, 0.05) is 47.5 Å². The molecule has 4 aromatic rings. The average molecular weight is 491 g/mol. The number of esters is 1. The summed E-state index contributed by atoms with van der Waals surface area (Å²) in [7, 11) is 6.00. The van der Waals surface area contributed by atoms with Crippen molar-refractivity contribution >= 4 is 44.5 Å². The second kappa shape index (κ2) is 10.5. The van der Waals surface area contributed by atoms with Crippen LogP contribution in [-0.2, 0) is 16.6 Å². The Kier molecular flexibility index (Phi) is 7.45. The van der Waals surface area contributed by atoms with Crippen molar-refractivity contribution in [3.05, 3.63) is 47.8 Å². The third-order valence-corrected chi connectivity index (χ3v) is 6.36. The molecule has 1 amide bonds. The maximum atomic E-state index is 13.2. The highest BCUT2D eigenvalue weighted by Crippen LogP contribution is 2.37. The van der Waals surface area contributed by atoms with Crippen LogP contribution in [0.1, 0.15) is 36.3 Å². The second-order valence-corrected chi connectivity index (χ2v) is 9.43. The fourth-order valence-electron chi connectivity index (χ4n) is 4.91. The van der Waals surface area contributed by atoms with Gasteiger partial charge in [-0.1, -0.05) is 0 Å². The van der Waals surface area contributed by atoms with E-state index in [1.807, 2.05) is 57.2 Å². The summed E-state index contributed by atoms with van der Waals surface area (Å²) in [6.07, 6.45) is 1.90. The van der Waals surface area contributed by atoms with Gasteiger partial charge in [-0.3, -0.25) is 14.6 Å². The molecule has 0 aliphatic rings. The maximum absolute atomic E-state index is 13.2. The van der Waals surface area contributed by atoms with Crippen LogP contribution in [0.25, 0.3) is 32.6 Å². The molecule has 2 aromatic carbocycles. The molecule has 1 atom stereocenters. The molecule has 0 fully saturated rings. The Balaban J connectivity index is 1.76. The molecule has 1 N–H and O–H groups in total. The van der Waals surface area contributed by atoms with Gasteiger partial charge in [-0.15, -0.1) is 0 Å². The summed E-state index contributed by atoms with van der Waals surface area (Å²) in [5, 5.41) is 6.93. The minimum absolute atomic E-state index is 0.0127. The number of pyridine rings is 1. The van der Waals surface area contributed by atoms with Gasteiger partial charge < -0.3 is 24.3 Å². The lowest BCUT2D eigenvalue weighted by molar-refractivity contribution is -0.143. The Bertz CT molecular complexity index is 1440. The second-order valence-electron chi connectivity index (χ2n) is 9.43. The van der Waals surface area contributed by atoms with Crippen LogP contribution in [0, 0.1) is 6.92 Å². The fourth-order valence-corrected chi connectivity index (χ4v) is 4.91. The molecule has 0 aliphatic heterocycles. The van der Waals surface area contributed by atoms with Crippen LogP contribution in [-0.4, -0.2) is 66.2 Å². The normalized spacial score (nSPS) is 12.4. The minimum atomic E-state index is -0.274. The van der Waals surface area contributed by atoms with Crippen LogP contribution in [0.3, 0.4) is 0 Å². The number of aryl methyl sites for hydroxylation is 2. The molecular weight excluding hydrogens is 456 g/mol. The summed E-state index contributed by atoms with van der Waals surface area (Å²) in [6.45, 7) is 7.20. The van der Waals surface area contributed by atoms with Crippen molar-refractivity contribution in [3.63, 3.8) is 0 Å². The summed E-state index contributed by atoms with van der Waals surface area (Å²) in [5.74, 6) is 0.222. The number of carbonyl (C=O) groups excluding carboxylic acids is 2. The van der Waals surface area contributed by atoms with Crippen molar-refractivity contribution in [2.75, 3.05) is 33.9 Å². The first-order valence-corrected chi connectivity index (χ1v) is 12.3. The number of hydrogen-bond acceptors (Lipinski definition) is 6. The molecule has 0 aliphatic carbocycles. The van der Waals surface area contributed by atoms with E-state index in [1.165, 1.54) is 0 Å². The van der Waals surface area contributed by atoms with Gasteiger partial charge in [0.05, 0.1) is 25.2 Å². The fraction of sp³-hybridized carbons (Fsp3) is 0.393. The third-order valence-electron chi connectivity index (χ3n) is 6.36. The Morgan fingerprint density at radius 3 is 2.61 bits per heavy atom. The predicted octanol–water partition coefficient (Wildman–Crippen LogP) is 4.20. The monoisotopic (exact) mass is 490 g/mol. The summed E-state index contributed by atoms with van der Waals surface area (Å²) < 4.78 is 13.0. The standard InChI is InChI=1S/C28H34N4O4/c1-7-35-25(33)11-13-36-19-8-9-24-21(14-19)23-15-22-20(18(3)27(23)32(24)6)10-12-29-26(22)28(34)30-17(2)16-31(4)5/h8-10,12,14-15,17H,7,11,13,16H2,1-6H3,(H,30,34)/t17-/m1/s1. The van der Waals surface area contributed by atoms with Crippen molar-refractivity contribution in [2.24, 2.45) is 7.05 Å². The Labute approximate surface area is 211 Å². The molecule has 2 aromatic heterocycles. The molecule has 8 nitrogen and oxygen atoms in total. The number of nitrogens with one attached hydrogen (secondary N) is 1. The first kappa shape index (κ1) is 25.4. The van der Waals surface area contributed by atoms with Crippen LogP contribution in [0.15, 0.2) is 36.5 Å². The summed E-state index contributed by atoms with van der Waals surface area (Å²) in [4.78, 5) is 31.3. The first-order chi connectivity index (χ1) is 17.2. The summed E-state index contributed by atoms with van der Waals surface area (Å²) >= 11 is 0. The quantitative estimate of drug-likeness (QED) is 0.354. The number of rotatable bonds is 9. The van der Waals surface area contributed by atoms with Gasteiger partial charge in [-0.25, -0.2) is 0 Å². The van der Waals surface area contributed by atoms with Crippen molar-refractivity contribution in [3.8, 4) is 5.75 Å². The molecule has 8 heteroatoms. The smallest absolute Gasteiger partial charge is 0.309 e. The van der Waals surface area contributed by atoms with Crippen LogP contribution in [0.5, 0.6) is 5.75 Å². The molecule has 190 valence electrons. The van der Waals surface area contributed by atoms with E-state index in [-0.39, 0.29) is 30.9 Å². The number of nitrogens with zero attached hydrogens (tertiary/aromatic N) is 3. The zero-order valence-electron chi connectivity index (χ0n) is 21.8. The Morgan fingerprint density at radius 1 is 1.11 bits per heavy atom. The highest BCUT2D eigenvalue weighted by atomic mass is 16.5. The third kappa shape index (κ3) is 4.99. The SMILES string of the molecule is CCOC(=O)CCOc1ccc2c(c1)c1cc3c(C(=O)N[C@H](C)CN(C)C)nccc3c(C)c1n2C. The highest BCUT2D eigenvalue weighted by Gasteiger charge is 2.19. The number of amides is 1. The van der Waals surface area contributed by atoms with E-state index >= 15 is 0 Å². The zero-order chi connectivity index (χ0) is 26.0. The van der Waals surface area contributed by atoms with Crippen molar-refractivity contribution in [2.45, 2.75) is 33.2 Å². The van der Waals surface area contributed by atoms with Crippen molar-refractivity contribution in [1.29, 1.82) is 0 Å². The molecule has 4 rings (SSSR count). The summed E-state index contributed by atoms with van der Waals surface area (Å²) in [5.41, 5.74) is 3.66. The minimum Gasteiger partial charge on any atom is -0.493 e. The van der Waals surface area contributed by atoms with Crippen LogP contribution in [0.4, 0.5) is 0 Å². The lowest BCUT2D eigenvalue weighted by atomic mass is 10.00.